The number of rotatable bonds is 1. The van der Waals surface area contributed by atoms with E-state index in [9.17, 15) is 0 Å². The average Bonchev–Trinajstić information content (AvgIpc) is 2.33. The molecule has 1 aromatic carbocycles. The molecule has 2 rings (SSSR count). The first-order valence-electron chi connectivity index (χ1n) is 5.38. The molecule has 2 nitrogen and oxygen atoms in total. The highest BCUT2D eigenvalue weighted by molar-refractivity contribution is 5.13. The largest absolute Gasteiger partial charge is 0.326 e. The van der Waals surface area contributed by atoms with Gasteiger partial charge in [-0.15, -0.1) is 0 Å². The quantitative estimate of drug-likeness (QED) is 0.713. The van der Waals surface area contributed by atoms with Gasteiger partial charge < -0.3 is 11.1 Å². The molecule has 0 bridgehead atoms. The molecule has 0 saturated carbocycles. The number of nitrogens with one attached hydrogen (secondary N) is 1. The van der Waals surface area contributed by atoms with Crippen LogP contribution in [0.1, 0.15) is 24.8 Å². The lowest BCUT2D eigenvalue weighted by Crippen LogP contribution is -2.21. The fraction of sp³-hybridized carbons (Fsp3) is 0.500. The zero-order valence-corrected chi connectivity index (χ0v) is 8.71. The van der Waals surface area contributed by atoms with Crippen molar-refractivity contribution >= 4 is 0 Å². The molecule has 2 heteroatoms. The Morgan fingerprint density at radius 3 is 1.93 bits per heavy atom. The summed E-state index contributed by atoms with van der Waals surface area (Å²) in [5.74, 6) is 0. The van der Waals surface area contributed by atoms with Gasteiger partial charge in [0.15, 0.2) is 0 Å². The lowest BCUT2D eigenvalue weighted by Gasteiger charge is -2.08. The van der Waals surface area contributed by atoms with Crippen molar-refractivity contribution in [3.63, 3.8) is 0 Å². The van der Waals surface area contributed by atoms with Crippen molar-refractivity contribution in [1.82, 2.24) is 5.32 Å². The van der Waals surface area contributed by atoms with Crippen LogP contribution in [0.25, 0.3) is 0 Å². The molecule has 0 spiro atoms. The minimum atomic E-state index is 0.640. The third-order valence-electron chi connectivity index (χ3n) is 2.29. The molecule has 0 amide bonds. The minimum Gasteiger partial charge on any atom is -0.326 e. The predicted molar refractivity (Wildman–Crippen MR) is 61.1 cm³/mol. The van der Waals surface area contributed by atoms with E-state index in [2.05, 4.69) is 5.32 Å². The second-order valence-electron chi connectivity index (χ2n) is 3.50. The fourth-order valence-corrected chi connectivity index (χ4v) is 1.42. The van der Waals surface area contributed by atoms with E-state index >= 15 is 0 Å². The van der Waals surface area contributed by atoms with Crippen molar-refractivity contribution in [1.29, 1.82) is 0 Å². The number of hydrogen-bond donors (Lipinski definition) is 2. The van der Waals surface area contributed by atoms with Crippen LogP contribution in [0.3, 0.4) is 0 Å². The summed E-state index contributed by atoms with van der Waals surface area (Å²) in [4.78, 5) is 0. The van der Waals surface area contributed by atoms with E-state index in [4.69, 9.17) is 5.73 Å². The van der Waals surface area contributed by atoms with Crippen LogP contribution in [-0.4, -0.2) is 13.1 Å². The van der Waals surface area contributed by atoms with Crippen LogP contribution in [0.2, 0.25) is 0 Å². The van der Waals surface area contributed by atoms with Crippen LogP contribution < -0.4 is 11.1 Å². The van der Waals surface area contributed by atoms with E-state index in [0.29, 0.717) is 6.54 Å². The lowest BCUT2D eigenvalue weighted by molar-refractivity contribution is 0.520. The van der Waals surface area contributed by atoms with Gasteiger partial charge in [0.25, 0.3) is 0 Å². The Balaban J connectivity index is 0.000000146. The summed E-state index contributed by atoms with van der Waals surface area (Å²) in [6.07, 6.45) is 4.22. The summed E-state index contributed by atoms with van der Waals surface area (Å²) in [6, 6.07) is 9.99. The van der Waals surface area contributed by atoms with Crippen molar-refractivity contribution in [2.45, 2.75) is 25.8 Å². The van der Waals surface area contributed by atoms with E-state index < -0.39 is 0 Å². The molecule has 0 radical (unpaired) electrons. The molecule has 1 aromatic rings. The summed E-state index contributed by atoms with van der Waals surface area (Å²) in [5, 5.41) is 3.28. The normalized spacial score (nSPS) is 15.5. The van der Waals surface area contributed by atoms with Crippen LogP contribution in [-0.2, 0) is 6.54 Å². The van der Waals surface area contributed by atoms with Gasteiger partial charge in [-0.2, -0.15) is 0 Å². The molecule has 1 aliphatic rings. The van der Waals surface area contributed by atoms with E-state index in [1.807, 2.05) is 30.3 Å². The van der Waals surface area contributed by atoms with Gasteiger partial charge in [0.1, 0.15) is 0 Å². The van der Waals surface area contributed by atoms with Gasteiger partial charge in [-0.1, -0.05) is 36.8 Å². The van der Waals surface area contributed by atoms with E-state index in [-0.39, 0.29) is 0 Å². The Morgan fingerprint density at radius 2 is 1.64 bits per heavy atom. The molecular weight excluding hydrogens is 172 g/mol. The monoisotopic (exact) mass is 192 g/mol. The summed E-state index contributed by atoms with van der Waals surface area (Å²) in [6.45, 7) is 3.14. The van der Waals surface area contributed by atoms with E-state index in [1.54, 1.807) is 0 Å². The van der Waals surface area contributed by atoms with Crippen molar-refractivity contribution in [3.05, 3.63) is 35.9 Å². The number of hydrogen-bond acceptors (Lipinski definition) is 2. The van der Waals surface area contributed by atoms with E-state index in [0.717, 1.165) is 0 Å². The highest BCUT2D eigenvalue weighted by atomic mass is 14.9. The van der Waals surface area contributed by atoms with Crippen LogP contribution in [0.5, 0.6) is 0 Å². The second-order valence-corrected chi connectivity index (χ2v) is 3.50. The summed E-state index contributed by atoms with van der Waals surface area (Å²) < 4.78 is 0. The first-order valence-corrected chi connectivity index (χ1v) is 5.38. The van der Waals surface area contributed by atoms with Crippen LogP contribution in [0.4, 0.5) is 0 Å². The minimum absolute atomic E-state index is 0.640. The maximum absolute atomic E-state index is 5.35. The Labute approximate surface area is 86.5 Å². The van der Waals surface area contributed by atoms with Crippen molar-refractivity contribution < 1.29 is 0 Å². The number of piperidine rings is 1. The Morgan fingerprint density at radius 1 is 1.00 bits per heavy atom. The maximum atomic E-state index is 5.35. The first kappa shape index (κ1) is 11.2. The third-order valence-corrected chi connectivity index (χ3v) is 2.29. The summed E-state index contributed by atoms with van der Waals surface area (Å²) >= 11 is 0. The maximum Gasteiger partial charge on any atom is 0.0178 e. The van der Waals surface area contributed by atoms with Gasteiger partial charge in [0.2, 0.25) is 0 Å². The van der Waals surface area contributed by atoms with Gasteiger partial charge in [0, 0.05) is 6.54 Å². The van der Waals surface area contributed by atoms with E-state index in [1.165, 1.54) is 37.9 Å². The highest BCUT2D eigenvalue weighted by Crippen LogP contribution is 1.96. The number of nitrogens with two attached hydrogens (primary N) is 1. The molecule has 1 saturated heterocycles. The fourth-order valence-electron chi connectivity index (χ4n) is 1.42. The number of benzene rings is 1. The highest BCUT2D eigenvalue weighted by Gasteiger charge is 1.93. The first-order chi connectivity index (χ1) is 6.93. The molecule has 1 heterocycles. The SMILES string of the molecule is C1CCNCC1.NCc1ccccc1. The smallest absolute Gasteiger partial charge is 0.0178 e. The Bertz CT molecular complexity index is 206. The molecule has 0 unspecified atom stereocenters. The molecule has 78 valence electrons. The second kappa shape index (κ2) is 7.54. The van der Waals surface area contributed by atoms with Crippen molar-refractivity contribution in [3.8, 4) is 0 Å². The summed E-state index contributed by atoms with van der Waals surface area (Å²) in [7, 11) is 0. The third kappa shape index (κ3) is 5.00. The molecule has 0 aliphatic carbocycles. The van der Waals surface area contributed by atoms with Gasteiger partial charge in [-0.05, 0) is 31.5 Å². The topological polar surface area (TPSA) is 38.0 Å². The zero-order chi connectivity index (χ0) is 10.1. The molecule has 3 N–H and O–H groups in total. The van der Waals surface area contributed by atoms with Gasteiger partial charge in [-0.25, -0.2) is 0 Å². The van der Waals surface area contributed by atoms with Crippen LogP contribution >= 0.6 is 0 Å². The van der Waals surface area contributed by atoms with Gasteiger partial charge in [0.05, 0.1) is 0 Å². The zero-order valence-electron chi connectivity index (χ0n) is 8.71. The Hall–Kier alpha value is -0.860. The Kier molecular flexibility index (Phi) is 6.04. The van der Waals surface area contributed by atoms with Gasteiger partial charge in [-0.3, -0.25) is 0 Å². The lowest BCUT2D eigenvalue weighted by atomic mass is 10.2. The average molecular weight is 192 g/mol. The standard InChI is InChI=1S/C7H9N.C5H11N/c8-6-7-4-2-1-3-5-7;1-2-4-6-5-3-1/h1-5H,6,8H2;6H,1-5H2. The molecule has 0 atom stereocenters. The van der Waals surface area contributed by atoms with Crippen LogP contribution in [0, 0.1) is 0 Å². The molecule has 1 fully saturated rings. The molecule has 14 heavy (non-hydrogen) atoms. The van der Waals surface area contributed by atoms with Crippen LogP contribution in [0.15, 0.2) is 30.3 Å². The van der Waals surface area contributed by atoms with Crippen molar-refractivity contribution in [2.75, 3.05) is 13.1 Å². The predicted octanol–water partition coefficient (Wildman–Crippen LogP) is 1.91. The summed E-state index contributed by atoms with van der Waals surface area (Å²) in [5.41, 5.74) is 6.54. The molecule has 0 aromatic heterocycles. The van der Waals surface area contributed by atoms with Gasteiger partial charge >= 0.3 is 0 Å². The molecular formula is C12H20N2. The van der Waals surface area contributed by atoms with Crippen molar-refractivity contribution in [2.24, 2.45) is 5.73 Å². The molecule has 1 aliphatic heterocycles.